The van der Waals surface area contributed by atoms with Gasteiger partial charge in [-0.2, -0.15) is 0 Å². The van der Waals surface area contributed by atoms with Crippen molar-refractivity contribution in [3.05, 3.63) is 0 Å². The quantitative estimate of drug-likeness (QED) is 0.703. The van der Waals surface area contributed by atoms with E-state index < -0.39 is 10.8 Å². The molecular formula is C12H26N2OS. The summed E-state index contributed by atoms with van der Waals surface area (Å²) in [5.74, 6) is 1.81. The zero-order chi connectivity index (χ0) is 12.0. The lowest BCUT2D eigenvalue weighted by molar-refractivity contribution is 0.188. The van der Waals surface area contributed by atoms with E-state index in [0.29, 0.717) is 6.04 Å². The molecule has 4 heteroatoms. The highest BCUT2D eigenvalue weighted by atomic mass is 32.2. The highest BCUT2D eigenvalue weighted by Crippen LogP contribution is 2.14. The molecule has 0 saturated carbocycles. The molecule has 0 aliphatic carbocycles. The van der Waals surface area contributed by atoms with Crippen LogP contribution in [0, 0.1) is 0 Å². The van der Waals surface area contributed by atoms with Crippen molar-refractivity contribution in [2.75, 3.05) is 44.7 Å². The van der Waals surface area contributed by atoms with Gasteiger partial charge in [-0.25, -0.2) is 0 Å². The molecule has 0 radical (unpaired) electrons. The van der Waals surface area contributed by atoms with E-state index in [9.17, 15) is 4.21 Å². The van der Waals surface area contributed by atoms with Crippen molar-refractivity contribution in [3.63, 3.8) is 0 Å². The zero-order valence-electron chi connectivity index (χ0n) is 10.9. The summed E-state index contributed by atoms with van der Waals surface area (Å²) in [6.45, 7) is 9.00. The summed E-state index contributed by atoms with van der Waals surface area (Å²) < 4.78 is 11.3. The Morgan fingerprint density at radius 1 is 1.12 bits per heavy atom. The topological polar surface area (TPSA) is 23.6 Å². The Labute approximate surface area is 103 Å². The SMILES string of the molecule is CCN(CC)CCN(C)C1CCS(=O)CC1. The third-order valence-electron chi connectivity index (χ3n) is 3.64. The lowest BCUT2D eigenvalue weighted by Crippen LogP contribution is -2.41. The van der Waals surface area contributed by atoms with Crippen LogP contribution in [0.2, 0.25) is 0 Å². The van der Waals surface area contributed by atoms with Crippen LogP contribution in [0.5, 0.6) is 0 Å². The number of rotatable bonds is 6. The fraction of sp³-hybridized carbons (Fsp3) is 1.00. The molecule has 0 bridgehead atoms. The van der Waals surface area contributed by atoms with Gasteiger partial charge in [0.1, 0.15) is 0 Å². The molecule has 0 N–H and O–H groups in total. The van der Waals surface area contributed by atoms with Crippen molar-refractivity contribution in [3.8, 4) is 0 Å². The average molecular weight is 246 g/mol. The summed E-state index contributed by atoms with van der Waals surface area (Å²) in [6.07, 6.45) is 2.22. The van der Waals surface area contributed by atoms with Crippen molar-refractivity contribution in [1.29, 1.82) is 0 Å². The van der Waals surface area contributed by atoms with E-state index in [1.165, 1.54) is 0 Å². The molecule has 1 aliphatic rings. The summed E-state index contributed by atoms with van der Waals surface area (Å²) in [6, 6.07) is 0.660. The highest BCUT2D eigenvalue weighted by molar-refractivity contribution is 7.85. The van der Waals surface area contributed by atoms with Gasteiger partial charge in [0.25, 0.3) is 0 Å². The number of hydrogen-bond donors (Lipinski definition) is 0. The molecule has 3 nitrogen and oxygen atoms in total. The van der Waals surface area contributed by atoms with Crippen molar-refractivity contribution in [2.45, 2.75) is 32.7 Å². The van der Waals surface area contributed by atoms with Crippen LogP contribution in [0.3, 0.4) is 0 Å². The predicted molar refractivity (Wildman–Crippen MR) is 71.3 cm³/mol. The minimum Gasteiger partial charge on any atom is -0.303 e. The van der Waals surface area contributed by atoms with Gasteiger partial charge in [-0.05, 0) is 33.0 Å². The molecule has 0 spiro atoms. The van der Waals surface area contributed by atoms with Gasteiger partial charge in [0.05, 0.1) is 0 Å². The monoisotopic (exact) mass is 246 g/mol. The van der Waals surface area contributed by atoms with E-state index in [1.807, 2.05) is 0 Å². The van der Waals surface area contributed by atoms with Crippen molar-refractivity contribution in [1.82, 2.24) is 9.80 Å². The van der Waals surface area contributed by atoms with Crippen molar-refractivity contribution in [2.24, 2.45) is 0 Å². The molecule has 1 saturated heterocycles. The van der Waals surface area contributed by atoms with Crippen LogP contribution in [-0.4, -0.2) is 64.8 Å². The summed E-state index contributed by atoms with van der Waals surface area (Å²) in [4.78, 5) is 4.91. The summed E-state index contributed by atoms with van der Waals surface area (Å²) in [5, 5.41) is 0. The van der Waals surface area contributed by atoms with Crippen LogP contribution in [0.1, 0.15) is 26.7 Å². The van der Waals surface area contributed by atoms with Crippen LogP contribution in [0.4, 0.5) is 0 Å². The Balaban J connectivity index is 2.23. The van der Waals surface area contributed by atoms with Crippen molar-refractivity contribution < 1.29 is 4.21 Å². The molecule has 16 heavy (non-hydrogen) atoms. The van der Waals surface area contributed by atoms with Crippen LogP contribution >= 0.6 is 0 Å². The van der Waals surface area contributed by atoms with Crippen LogP contribution < -0.4 is 0 Å². The molecule has 1 fully saturated rings. The molecule has 1 aliphatic heterocycles. The largest absolute Gasteiger partial charge is 0.303 e. The fourth-order valence-corrected chi connectivity index (χ4v) is 3.52. The first kappa shape index (κ1) is 14.1. The van der Waals surface area contributed by atoms with E-state index in [4.69, 9.17) is 0 Å². The fourth-order valence-electron chi connectivity index (χ4n) is 2.24. The molecule has 0 atom stereocenters. The third kappa shape index (κ3) is 4.52. The third-order valence-corrected chi connectivity index (χ3v) is 5.03. The second kappa shape index (κ2) is 7.41. The molecule has 1 rings (SSSR count). The van der Waals surface area contributed by atoms with E-state index in [2.05, 4.69) is 30.7 Å². The van der Waals surface area contributed by atoms with E-state index in [0.717, 1.165) is 50.5 Å². The molecule has 0 aromatic carbocycles. The Morgan fingerprint density at radius 3 is 2.19 bits per heavy atom. The first-order valence-electron chi connectivity index (χ1n) is 6.45. The number of likely N-dealkylation sites (N-methyl/N-ethyl adjacent to an activating group) is 2. The Bertz CT molecular complexity index is 209. The summed E-state index contributed by atoms with van der Waals surface area (Å²) in [5.41, 5.74) is 0. The molecule has 0 aromatic heterocycles. The summed E-state index contributed by atoms with van der Waals surface area (Å²) >= 11 is 0. The van der Waals surface area contributed by atoms with Gasteiger partial charge in [-0.3, -0.25) is 4.21 Å². The Hall–Kier alpha value is 0.0700. The van der Waals surface area contributed by atoms with E-state index >= 15 is 0 Å². The smallest absolute Gasteiger partial charge is 0.0249 e. The average Bonchev–Trinajstić information content (AvgIpc) is 2.31. The maximum absolute atomic E-state index is 11.3. The first-order chi connectivity index (χ1) is 7.67. The number of nitrogens with zero attached hydrogens (tertiary/aromatic N) is 2. The molecule has 0 amide bonds. The molecule has 1 heterocycles. The minimum atomic E-state index is -0.530. The highest BCUT2D eigenvalue weighted by Gasteiger charge is 2.21. The molecular weight excluding hydrogens is 220 g/mol. The van der Waals surface area contributed by atoms with Gasteiger partial charge in [-0.15, -0.1) is 0 Å². The van der Waals surface area contributed by atoms with Crippen molar-refractivity contribution >= 4 is 10.8 Å². The normalized spacial score (nSPS) is 26.6. The maximum atomic E-state index is 11.3. The van der Waals surface area contributed by atoms with E-state index in [1.54, 1.807) is 0 Å². The standard InChI is InChI=1S/C12H26N2OS/c1-4-14(5-2)9-8-13(3)12-6-10-16(15)11-7-12/h12H,4-11H2,1-3H3. The molecule has 96 valence electrons. The van der Waals surface area contributed by atoms with Crippen LogP contribution in [0.25, 0.3) is 0 Å². The van der Waals surface area contributed by atoms with Gasteiger partial charge in [0, 0.05) is 41.4 Å². The van der Waals surface area contributed by atoms with E-state index in [-0.39, 0.29) is 0 Å². The lowest BCUT2D eigenvalue weighted by atomic mass is 10.1. The maximum Gasteiger partial charge on any atom is 0.0249 e. The molecule has 0 aromatic rings. The summed E-state index contributed by atoms with van der Waals surface area (Å²) in [7, 11) is 1.68. The van der Waals surface area contributed by atoms with Gasteiger partial charge < -0.3 is 9.80 Å². The second-order valence-corrected chi connectivity index (χ2v) is 6.28. The Kier molecular flexibility index (Phi) is 6.54. The second-order valence-electron chi connectivity index (χ2n) is 4.59. The number of hydrogen-bond acceptors (Lipinski definition) is 3. The first-order valence-corrected chi connectivity index (χ1v) is 7.93. The van der Waals surface area contributed by atoms with Gasteiger partial charge in [0.2, 0.25) is 0 Å². The molecule has 0 unspecified atom stereocenters. The van der Waals surface area contributed by atoms with Gasteiger partial charge in [0.15, 0.2) is 0 Å². The van der Waals surface area contributed by atoms with Gasteiger partial charge in [-0.1, -0.05) is 13.8 Å². The predicted octanol–water partition coefficient (Wildman–Crippen LogP) is 1.17. The van der Waals surface area contributed by atoms with Crippen LogP contribution in [0.15, 0.2) is 0 Å². The zero-order valence-corrected chi connectivity index (χ0v) is 11.8. The van der Waals surface area contributed by atoms with Gasteiger partial charge >= 0.3 is 0 Å². The Morgan fingerprint density at radius 2 is 1.69 bits per heavy atom. The van der Waals surface area contributed by atoms with Crippen LogP contribution in [-0.2, 0) is 10.8 Å². The lowest BCUT2D eigenvalue weighted by Gasteiger charge is -2.32. The minimum absolute atomic E-state index is 0.530.